The van der Waals surface area contributed by atoms with Crippen molar-refractivity contribution in [1.29, 1.82) is 0 Å². The van der Waals surface area contributed by atoms with E-state index in [1.807, 2.05) is 19.1 Å². The Labute approximate surface area is 119 Å². The molecule has 0 aromatic heterocycles. The van der Waals surface area contributed by atoms with E-state index in [1.165, 1.54) is 6.07 Å². The summed E-state index contributed by atoms with van der Waals surface area (Å²) in [7, 11) is 0. The van der Waals surface area contributed by atoms with Gasteiger partial charge in [0, 0.05) is 5.88 Å². The third-order valence-electron chi connectivity index (χ3n) is 2.74. The number of nitro benzene ring substituents is 1. The minimum Gasteiger partial charge on any atom is -0.450 e. The number of aryl methyl sites for hydroxylation is 1. The molecule has 2 aromatic carbocycles. The van der Waals surface area contributed by atoms with Crippen LogP contribution in [-0.4, -0.2) is 4.92 Å². The van der Waals surface area contributed by atoms with Crippen molar-refractivity contribution < 1.29 is 14.1 Å². The fourth-order valence-electron chi connectivity index (χ4n) is 1.68. The summed E-state index contributed by atoms with van der Waals surface area (Å²) in [6.07, 6.45) is 0. The van der Waals surface area contributed by atoms with E-state index in [9.17, 15) is 14.5 Å². The van der Waals surface area contributed by atoms with Gasteiger partial charge in [0.1, 0.15) is 11.6 Å². The molecule has 0 radical (unpaired) electrons. The van der Waals surface area contributed by atoms with Crippen molar-refractivity contribution in [3.8, 4) is 11.5 Å². The first-order valence-electron chi connectivity index (χ1n) is 5.78. The Morgan fingerprint density at radius 2 is 2.00 bits per heavy atom. The SMILES string of the molecule is Cc1ccc(CCl)cc1Oc1ccc(F)cc1[N+](=O)[O-]. The molecule has 0 atom stereocenters. The Kier molecular flexibility index (Phi) is 4.20. The number of halogens is 2. The highest BCUT2D eigenvalue weighted by molar-refractivity contribution is 6.17. The van der Waals surface area contributed by atoms with E-state index in [1.54, 1.807) is 6.07 Å². The summed E-state index contributed by atoms with van der Waals surface area (Å²) in [5.41, 5.74) is 1.22. The Balaban J connectivity index is 2.42. The molecular formula is C14H11ClFNO3. The van der Waals surface area contributed by atoms with Gasteiger partial charge in [-0.1, -0.05) is 12.1 Å². The zero-order valence-electron chi connectivity index (χ0n) is 10.6. The van der Waals surface area contributed by atoms with Crippen LogP contribution in [0.25, 0.3) is 0 Å². The zero-order valence-corrected chi connectivity index (χ0v) is 11.4. The molecule has 6 heteroatoms. The van der Waals surface area contributed by atoms with Crippen molar-refractivity contribution in [2.75, 3.05) is 0 Å². The number of benzene rings is 2. The lowest BCUT2D eigenvalue weighted by Gasteiger charge is -2.10. The topological polar surface area (TPSA) is 52.4 Å². The van der Waals surface area contributed by atoms with Gasteiger partial charge >= 0.3 is 5.69 Å². The summed E-state index contributed by atoms with van der Waals surface area (Å²) in [6.45, 7) is 1.81. The second kappa shape index (κ2) is 5.88. The van der Waals surface area contributed by atoms with Crippen LogP contribution in [0.2, 0.25) is 0 Å². The van der Waals surface area contributed by atoms with Crippen LogP contribution in [0, 0.1) is 22.9 Å². The highest BCUT2D eigenvalue weighted by atomic mass is 35.5. The fourth-order valence-corrected chi connectivity index (χ4v) is 1.84. The molecule has 0 saturated carbocycles. The number of nitrogens with zero attached hydrogens (tertiary/aromatic N) is 1. The Bertz CT molecular complexity index is 661. The summed E-state index contributed by atoms with van der Waals surface area (Å²) in [5, 5.41) is 10.9. The molecule has 0 unspecified atom stereocenters. The van der Waals surface area contributed by atoms with Crippen LogP contribution in [0.4, 0.5) is 10.1 Å². The van der Waals surface area contributed by atoms with Crippen molar-refractivity contribution in [2.24, 2.45) is 0 Å². The lowest BCUT2D eigenvalue weighted by atomic mass is 10.1. The maximum absolute atomic E-state index is 13.1. The molecule has 20 heavy (non-hydrogen) atoms. The van der Waals surface area contributed by atoms with Crippen molar-refractivity contribution in [3.63, 3.8) is 0 Å². The molecular weight excluding hydrogens is 285 g/mol. The average molecular weight is 296 g/mol. The molecule has 0 bridgehead atoms. The Morgan fingerprint density at radius 3 is 2.65 bits per heavy atom. The molecule has 4 nitrogen and oxygen atoms in total. The third kappa shape index (κ3) is 3.05. The summed E-state index contributed by atoms with van der Waals surface area (Å²) in [4.78, 5) is 10.2. The van der Waals surface area contributed by atoms with Crippen LogP contribution < -0.4 is 4.74 Å². The summed E-state index contributed by atoms with van der Waals surface area (Å²) in [6, 6.07) is 8.53. The summed E-state index contributed by atoms with van der Waals surface area (Å²) < 4.78 is 18.6. The molecule has 0 N–H and O–H groups in total. The fraction of sp³-hybridized carbons (Fsp3) is 0.143. The molecule has 0 fully saturated rings. The maximum atomic E-state index is 13.1. The number of ether oxygens (including phenoxy) is 1. The smallest absolute Gasteiger partial charge is 0.314 e. The van der Waals surface area contributed by atoms with E-state index in [4.69, 9.17) is 16.3 Å². The number of rotatable bonds is 4. The van der Waals surface area contributed by atoms with Gasteiger partial charge in [-0.05, 0) is 36.2 Å². The van der Waals surface area contributed by atoms with Crippen molar-refractivity contribution >= 4 is 17.3 Å². The van der Waals surface area contributed by atoms with E-state index < -0.39 is 16.4 Å². The first-order valence-corrected chi connectivity index (χ1v) is 6.32. The molecule has 0 aliphatic rings. The standard InChI is InChI=1S/C14H11ClFNO3/c1-9-2-3-10(8-15)6-14(9)20-13-5-4-11(16)7-12(13)17(18)19/h2-7H,8H2,1H3. The minimum atomic E-state index is -0.685. The molecule has 104 valence electrons. The second-order valence-corrected chi connectivity index (χ2v) is 4.47. The van der Waals surface area contributed by atoms with Gasteiger partial charge in [-0.25, -0.2) is 4.39 Å². The molecule has 0 amide bonds. The van der Waals surface area contributed by atoms with Crippen molar-refractivity contribution in [1.82, 2.24) is 0 Å². The molecule has 0 aliphatic heterocycles. The largest absolute Gasteiger partial charge is 0.450 e. The van der Waals surface area contributed by atoms with Crippen LogP contribution in [0.15, 0.2) is 36.4 Å². The van der Waals surface area contributed by atoms with Crippen LogP contribution >= 0.6 is 11.6 Å². The Morgan fingerprint density at radius 1 is 1.25 bits per heavy atom. The van der Waals surface area contributed by atoms with Crippen LogP contribution in [0.1, 0.15) is 11.1 Å². The number of hydrogen-bond donors (Lipinski definition) is 0. The van der Waals surface area contributed by atoms with Gasteiger partial charge in [0.25, 0.3) is 0 Å². The van der Waals surface area contributed by atoms with E-state index in [0.717, 1.165) is 23.3 Å². The quantitative estimate of drug-likeness (QED) is 0.471. The first-order chi connectivity index (χ1) is 9.51. The van der Waals surface area contributed by atoms with Gasteiger partial charge in [0.15, 0.2) is 0 Å². The summed E-state index contributed by atoms with van der Waals surface area (Å²) in [5.74, 6) is 0.0710. The van der Waals surface area contributed by atoms with Crippen LogP contribution in [-0.2, 0) is 5.88 Å². The zero-order chi connectivity index (χ0) is 14.7. The normalized spacial score (nSPS) is 10.3. The minimum absolute atomic E-state index is 0.00813. The van der Waals surface area contributed by atoms with E-state index in [-0.39, 0.29) is 5.75 Å². The van der Waals surface area contributed by atoms with E-state index in [2.05, 4.69) is 0 Å². The maximum Gasteiger partial charge on any atom is 0.314 e. The highest BCUT2D eigenvalue weighted by Crippen LogP contribution is 2.33. The van der Waals surface area contributed by atoms with Gasteiger partial charge in [0.05, 0.1) is 11.0 Å². The van der Waals surface area contributed by atoms with Gasteiger partial charge in [-0.2, -0.15) is 0 Å². The first kappa shape index (κ1) is 14.3. The van der Waals surface area contributed by atoms with Crippen molar-refractivity contribution in [2.45, 2.75) is 12.8 Å². The van der Waals surface area contributed by atoms with Gasteiger partial charge in [-0.3, -0.25) is 10.1 Å². The highest BCUT2D eigenvalue weighted by Gasteiger charge is 2.17. The van der Waals surface area contributed by atoms with E-state index >= 15 is 0 Å². The molecule has 0 aliphatic carbocycles. The average Bonchev–Trinajstić information content (AvgIpc) is 2.42. The van der Waals surface area contributed by atoms with Crippen LogP contribution in [0.5, 0.6) is 11.5 Å². The summed E-state index contributed by atoms with van der Waals surface area (Å²) >= 11 is 5.74. The lowest BCUT2D eigenvalue weighted by molar-refractivity contribution is -0.385. The van der Waals surface area contributed by atoms with Crippen molar-refractivity contribution in [3.05, 3.63) is 63.5 Å². The molecule has 0 spiro atoms. The van der Waals surface area contributed by atoms with Gasteiger partial charge in [0.2, 0.25) is 5.75 Å². The Hall–Kier alpha value is -2.14. The van der Waals surface area contributed by atoms with Gasteiger partial charge < -0.3 is 4.74 Å². The van der Waals surface area contributed by atoms with Gasteiger partial charge in [-0.15, -0.1) is 11.6 Å². The van der Waals surface area contributed by atoms with E-state index in [0.29, 0.717) is 11.6 Å². The molecule has 0 heterocycles. The molecule has 2 aromatic rings. The number of alkyl halides is 1. The van der Waals surface area contributed by atoms with Crippen LogP contribution in [0.3, 0.4) is 0 Å². The number of nitro groups is 1. The predicted molar refractivity (Wildman–Crippen MR) is 73.9 cm³/mol. The third-order valence-corrected chi connectivity index (χ3v) is 3.05. The second-order valence-electron chi connectivity index (χ2n) is 4.20. The lowest BCUT2D eigenvalue weighted by Crippen LogP contribution is -1.96. The monoisotopic (exact) mass is 295 g/mol. The number of hydrogen-bond acceptors (Lipinski definition) is 3. The molecule has 2 rings (SSSR count). The predicted octanol–water partition coefficient (Wildman–Crippen LogP) is 4.57. The molecule has 0 saturated heterocycles.